The smallest absolute Gasteiger partial charge is 0.220 e. The maximum Gasteiger partial charge on any atom is 0.220 e. The molecule has 17 heavy (non-hydrogen) atoms. The number of fused-ring (bicyclic) bond motifs is 2. The second-order valence-corrected chi connectivity index (χ2v) is 6.23. The zero-order chi connectivity index (χ0) is 11.7. The van der Waals surface area contributed by atoms with Crippen LogP contribution in [0.1, 0.15) is 57.8 Å². The van der Waals surface area contributed by atoms with Crippen LogP contribution in [-0.2, 0) is 4.79 Å². The number of rotatable bonds is 3. The van der Waals surface area contributed by atoms with Gasteiger partial charge in [0.05, 0.1) is 0 Å². The zero-order valence-electron chi connectivity index (χ0n) is 10.6. The van der Waals surface area contributed by atoms with Crippen LogP contribution in [0.4, 0.5) is 0 Å². The molecular weight excluding hydrogens is 212 g/mol. The molecule has 3 heteroatoms. The van der Waals surface area contributed by atoms with Crippen LogP contribution in [0.25, 0.3) is 0 Å². The first-order valence-electron chi connectivity index (χ1n) is 7.35. The molecule has 3 nitrogen and oxygen atoms in total. The van der Waals surface area contributed by atoms with E-state index >= 15 is 0 Å². The van der Waals surface area contributed by atoms with Crippen molar-refractivity contribution in [2.45, 2.75) is 75.9 Å². The van der Waals surface area contributed by atoms with E-state index in [1.807, 2.05) is 0 Å². The molecule has 2 bridgehead atoms. The Hall–Kier alpha value is -0.570. The predicted molar refractivity (Wildman–Crippen MR) is 67.7 cm³/mol. The molecular formula is C14H24N2O. The third kappa shape index (κ3) is 2.82. The molecule has 96 valence electrons. The summed E-state index contributed by atoms with van der Waals surface area (Å²) < 4.78 is 0. The van der Waals surface area contributed by atoms with Crippen LogP contribution in [0.2, 0.25) is 0 Å². The molecule has 3 fully saturated rings. The molecule has 2 heterocycles. The molecule has 0 spiro atoms. The Balaban J connectivity index is 1.44. The lowest BCUT2D eigenvalue weighted by Crippen LogP contribution is -2.40. The van der Waals surface area contributed by atoms with Crippen LogP contribution in [0, 0.1) is 5.92 Å². The van der Waals surface area contributed by atoms with Crippen molar-refractivity contribution in [3.8, 4) is 0 Å². The largest absolute Gasteiger partial charge is 0.353 e. The third-order valence-electron chi connectivity index (χ3n) is 4.77. The number of hydrogen-bond donors (Lipinski definition) is 2. The number of nitrogens with one attached hydrogen (secondary N) is 2. The zero-order valence-corrected chi connectivity index (χ0v) is 10.6. The van der Waals surface area contributed by atoms with Crippen molar-refractivity contribution >= 4 is 5.91 Å². The molecule has 3 aliphatic rings. The van der Waals surface area contributed by atoms with Crippen LogP contribution in [-0.4, -0.2) is 24.0 Å². The molecule has 2 aliphatic heterocycles. The Morgan fingerprint density at radius 3 is 2.35 bits per heavy atom. The number of carbonyl (C=O) groups excluding carboxylic acids is 1. The highest BCUT2D eigenvalue weighted by atomic mass is 16.1. The van der Waals surface area contributed by atoms with Crippen molar-refractivity contribution in [3.05, 3.63) is 0 Å². The monoisotopic (exact) mass is 236 g/mol. The summed E-state index contributed by atoms with van der Waals surface area (Å²) in [5, 5.41) is 6.85. The van der Waals surface area contributed by atoms with E-state index in [0.717, 1.165) is 6.42 Å². The van der Waals surface area contributed by atoms with E-state index in [9.17, 15) is 4.79 Å². The van der Waals surface area contributed by atoms with E-state index in [1.54, 1.807) is 0 Å². The van der Waals surface area contributed by atoms with Gasteiger partial charge in [-0.3, -0.25) is 4.79 Å². The maximum atomic E-state index is 12.0. The van der Waals surface area contributed by atoms with E-state index in [4.69, 9.17) is 0 Å². The van der Waals surface area contributed by atoms with Gasteiger partial charge in [0.2, 0.25) is 5.91 Å². The molecule has 2 N–H and O–H groups in total. The van der Waals surface area contributed by atoms with Crippen LogP contribution < -0.4 is 10.6 Å². The van der Waals surface area contributed by atoms with Crippen molar-refractivity contribution in [1.82, 2.24) is 10.6 Å². The topological polar surface area (TPSA) is 41.1 Å². The molecule has 1 aliphatic carbocycles. The standard InChI is InChI=1S/C14H24N2O/c17-14(16-11-3-1-2-4-11)9-10-7-12-5-6-13(8-10)15-12/h10-13,15H,1-9H2,(H,16,17). The highest BCUT2D eigenvalue weighted by Gasteiger charge is 2.34. The number of amides is 1. The lowest BCUT2D eigenvalue weighted by atomic mass is 9.89. The summed E-state index contributed by atoms with van der Waals surface area (Å²) in [6.45, 7) is 0. The minimum atomic E-state index is 0.309. The Kier molecular flexibility index (Phi) is 3.37. The van der Waals surface area contributed by atoms with Gasteiger partial charge in [-0.25, -0.2) is 0 Å². The van der Waals surface area contributed by atoms with Gasteiger partial charge in [-0.2, -0.15) is 0 Å². The Morgan fingerprint density at radius 1 is 1.06 bits per heavy atom. The highest BCUT2D eigenvalue weighted by Crippen LogP contribution is 2.32. The van der Waals surface area contributed by atoms with E-state index in [1.165, 1.54) is 51.4 Å². The maximum absolute atomic E-state index is 12.0. The van der Waals surface area contributed by atoms with Crippen molar-refractivity contribution in [2.75, 3.05) is 0 Å². The fourth-order valence-electron chi connectivity index (χ4n) is 3.96. The lowest BCUT2D eigenvalue weighted by molar-refractivity contribution is -0.122. The average Bonchev–Trinajstić information content (AvgIpc) is 2.89. The summed E-state index contributed by atoms with van der Waals surface area (Å²) in [5.41, 5.74) is 0. The van der Waals surface area contributed by atoms with Gasteiger partial charge in [-0.05, 0) is 44.4 Å². The van der Waals surface area contributed by atoms with Crippen LogP contribution in [0.5, 0.6) is 0 Å². The molecule has 1 saturated carbocycles. The van der Waals surface area contributed by atoms with Gasteiger partial charge >= 0.3 is 0 Å². The quantitative estimate of drug-likeness (QED) is 0.786. The van der Waals surface area contributed by atoms with Gasteiger partial charge in [-0.1, -0.05) is 12.8 Å². The van der Waals surface area contributed by atoms with Crippen molar-refractivity contribution in [2.24, 2.45) is 5.92 Å². The molecule has 1 amide bonds. The lowest BCUT2D eigenvalue weighted by Gasteiger charge is -2.29. The predicted octanol–water partition coefficient (Wildman–Crippen LogP) is 1.97. The van der Waals surface area contributed by atoms with Crippen molar-refractivity contribution in [3.63, 3.8) is 0 Å². The van der Waals surface area contributed by atoms with Gasteiger partial charge in [0.15, 0.2) is 0 Å². The number of piperidine rings is 1. The first-order chi connectivity index (χ1) is 8.29. The number of hydrogen-bond acceptors (Lipinski definition) is 2. The summed E-state index contributed by atoms with van der Waals surface area (Å²) in [6, 6.07) is 1.90. The molecule has 0 aromatic rings. The molecule has 3 rings (SSSR count). The summed E-state index contributed by atoms with van der Waals surface area (Å²) in [7, 11) is 0. The van der Waals surface area contributed by atoms with Crippen LogP contribution in [0.3, 0.4) is 0 Å². The van der Waals surface area contributed by atoms with Crippen molar-refractivity contribution < 1.29 is 4.79 Å². The van der Waals surface area contributed by atoms with Gasteiger partial charge in [0.25, 0.3) is 0 Å². The fourth-order valence-corrected chi connectivity index (χ4v) is 3.96. The summed E-state index contributed by atoms with van der Waals surface area (Å²) in [6.07, 6.45) is 10.8. The van der Waals surface area contributed by atoms with Gasteiger partial charge in [0, 0.05) is 24.5 Å². The van der Waals surface area contributed by atoms with Crippen LogP contribution >= 0.6 is 0 Å². The molecule has 2 atom stereocenters. The van der Waals surface area contributed by atoms with Crippen LogP contribution in [0.15, 0.2) is 0 Å². The van der Waals surface area contributed by atoms with Crippen molar-refractivity contribution in [1.29, 1.82) is 0 Å². The average molecular weight is 236 g/mol. The Morgan fingerprint density at radius 2 is 1.71 bits per heavy atom. The molecule has 0 aromatic heterocycles. The van der Waals surface area contributed by atoms with Gasteiger partial charge in [-0.15, -0.1) is 0 Å². The summed E-state index contributed by atoms with van der Waals surface area (Å²) in [5.74, 6) is 0.943. The minimum absolute atomic E-state index is 0.309. The SMILES string of the molecule is O=C(CC1CC2CCC(C1)N2)NC1CCCC1. The Bertz CT molecular complexity index is 274. The summed E-state index contributed by atoms with van der Waals surface area (Å²) in [4.78, 5) is 12.0. The third-order valence-corrected chi connectivity index (χ3v) is 4.77. The van der Waals surface area contributed by atoms with Gasteiger partial charge < -0.3 is 10.6 Å². The molecule has 2 unspecified atom stereocenters. The first-order valence-corrected chi connectivity index (χ1v) is 7.35. The molecule has 0 radical (unpaired) electrons. The van der Waals surface area contributed by atoms with E-state index in [2.05, 4.69) is 10.6 Å². The van der Waals surface area contributed by atoms with E-state index in [0.29, 0.717) is 30.0 Å². The first kappa shape index (κ1) is 11.5. The molecule has 2 saturated heterocycles. The highest BCUT2D eigenvalue weighted by molar-refractivity contribution is 5.76. The fraction of sp³-hybridized carbons (Fsp3) is 0.929. The number of carbonyl (C=O) groups is 1. The second-order valence-electron chi connectivity index (χ2n) is 6.23. The van der Waals surface area contributed by atoms with E-state index in [-0.39, 0.29) is 0 Å². The normalized spacial score (nSPS) is 37.3. The molecule has 0 aromatic carbocycles. The second kappa shape index (κ2) is 4.97. The van der Waals surface area contributed by atoms with Gasteiger partial charge in [0.1, 0.15) is 0 Å². The summed E-state index contributed by atoms with van der Waals surface area (Å²) >= 11 is 0. The minimum Gasteiger partial charge on any atom is -0.353 e. The Labute approximate surface area is 104 Å². The van der Waals surface area contributed by atoms with E-state index < -0.39 is 0 Å².